The van der Waals surface area contributed by atoms with Crippen molar-refractivity contribution < 1.29 is 9.18 Å². The standard InChI is InChI=1S/C27H37FN2O/c1-19(2)14-30(27(31)20(3)4)17-24-16-29(15-22-11-9-21(5)10-12-22)18-26(24)23-7-6-8-25(28)13-23/h6-13,19-20,24,26H,14-18H2,1-5H3/t24-,26+/m0/s1. The fourth-order valence-corrected chi connectivity index (χ4v) is 4.68. The Balaban J connectivity index is 1.82. The van der Waals surface area contributed by atoms with E-state index in [9.17, 15) is 9.18 Å². The maximum Gasteiger partial charge on any atom is 0.225 e. The van der Waals surface area contributed by atoms with Crippen LogP contribution < -0.4 is 0 Å². The Labute approximate surface area is 187 Å². The predicted octanol–water partition coefficient (Wildman–Crippen LogP) is 5.49. The maximum atomic E-state index is 14.0. The number of hydrogen-bond donors (Lipinski definition) is 0. The average molecular weight is 425 g/mol. The van der Waals surface area contributed by atoms with Crippen LogP contribution >= 0.6 is 0 Å². The summed E-state index contributed by atoms with van der Waals surface area (Å²) in [6.07, 6.45) is 0. The van der Waals surface area contributed by atoms with Gasteiger partial charge in [0.15, 0.2) is 0 Å². The minimum Gasteiger partial charge on any atom is -0.342 e. The maximum absolute atomic E-state index is 14.0. The Bertz CT molecular complexity index is 862. The molecule has 0 unspecified atom stereocenters. The molecule has 0 radical (unpaired) electrons. The topological polar surface area (TPSA) is 23.6 Å². The predicted molar refractivity (Wildman–Crippen MR) is 125 cm³/mol. The van der Waals surface area contributed by atoms with Crippen molar-refractivity contribution in [3.8, 4) is 0 Å². The van der Waals surface area contributed by atoms with E-state index in [1.165, 1.54) is 17.2 Å². The molecule has 2 atom stereocenters. The zero-order chi connectivity index (χ0) is 22.5. The summed E-state index contributed by atoms with van der Waals surface area (Å²) in [7, 11) is 0. The van der Waals surface area contributed by atoms with Gasteiger partial charge in [-0.3, -0.25) is 9.69 Å². The molecule has 1 amide bonds. The molecule has 4 heteroatoms. The van der Waals surface area contributed by atoms with Crippen LogP contribution in [0, 0.1) is 30.5 Å². The molecule has 2 aromatic carbocycles. The molecule has 3 nitrogen and oxygen atoms in total. The molecule has 31 heavy (non-hydrogen) atoms. The Morgan fingerprint density at radius 1 is 1.10 bits per heavy atom. The van der Waals surface area contributed by atoms with Crippen molar-refractivity contribution in [2.75, 3.05) is 26.2 Å². The van der Waals surface area contributed by atoms with E-state index in [1.807, 2.05) is 24.8 Å². The monoisotopic (exact) mass is 424 g/mol. The number of carbonyl (C=O) groups is 1. The van der Waals surface area contributed by atoms with E-state index in [2.05, 4.69) is 49.9 Å². The van der Waals surface area contributed by atoms with Gasteiger partial charge < -0.3 is 4.90 Å². The lowest BCUT2D eigenvalue weighted by atomic mass is 9.88. The second-order valence-electron chi connectivity index (χ2n) is 9.89. The van der Waals surface area contributed by atoms with Crippen molar-refractivity contribution in [2.24, 2.45) is 17.8 Å². The highest BCUT2D eigenvalue weighted by Gasteiger charge is 2.36. The normalized spacial score (nSPS) is 19.4. The van der Waals surface area contributed by atoms with Crippen LogP contribution in [0.4, 0.5) is 4.39 Å². The largest absolute Gasteiger partial charge is 0.342 e. The zero-order valence-electron chi connectivity index (χ0n) is 19.6. The molecular formula is C27H37FN2O. The molecule has 1 heterocycles. The molecule has 0 spiro atoms. The molecular weight excluding hydrogens is 387 g/mol. The van der Waals surface area contributed by atoms with Crippen LogP contribution in [-0.4, -0.2) is 41.9 Å². The van der Waals surface area contributed by atoms with E-state index in [0.29, 0.717) is 5.92 Å². The van der Waals surface area contributed by atoms with E-state index in [1.54, 1.807) is 12.1 Å². The number of benzene rings is 2. The average Bonchev–Trinajstić information content (AvgIpc) is 3.10. The van der Waals surface area contributed by atoms with Gasteiger partial charge in [-0.1, -0.05) is 69.7 Å². The Morgan fingerprint density at radius 3 is 2.42 bits per heavy atom. The van der Waals surface area contributed by atoms with Crippen molar-refractivity contribution in [2.45, 2.75) is 47.1 Å². The SMILES string of the molecule is Cc1ccc(CN2C[C@@H](CN(CC(C)C)C(=O)C(C)C)[C@@H](c3cccc(F)c3)C2)cc1. The fourth-order valence-electron chi connectivity index (χ4n) is 4.68. The van der Waals surface area contributed by atoms with Crippen molar-refractivity contribution in [3.63, 3.8) is 0 Å². The summed E-state index contributed by atoms with van der Waals surface area (Å²) in [4.78, 5) is 17.4. The van der Waals surface area contributed by atoms with Gasteiger partial charge in [-0.05, 0) is 42.0 Å². The van der Waals surface area contributed by atoms with Crippen molar-refractivity contribution >= 4 is 5.91 Å². The third-order valence-electron chi connectivity index (χ3n) is 6.17. The van der Waals surface area contributed by atoms with Crippen LogP contribution in [-0.2, 0) is 11.3 Å². The summed E-state index contributed by atoms with van der Waals surface area (Å²) < 4.78 is 14.0. The van der Waals surface area contributed by atoms with Crippen LogP contribution in [0.1, 0.15) is 50.3 Å². The number of nitrogens with zero attached hydrogens (tertiary/aromatic N) is 2. The molecule has 2 aromatic rings. The molecule has 0 N–H and O–H groups in total. The second-order valence-corrected chi connectivity index (χ2v) is 9.89. The lowest BCUT2D eigenvalue weighted by molar-refractivity contribution is -0.135. The second kappa shape index (κ2) is 10.4. The van der Waals surface area contributed by atoms with E-state index in [-0.39, 0.29) is 29.5 Å². The molecule has 0 bridgehead atoms. The van der Waals surface area contributed by atoms with Gasteiger partial charge in [0.05, 0.1) is 0 Å². The summed E-state index contributed by atoms with van der Waals surface area (Å²) in [6, 6.07) is 15.7. The number of halogens is 1. The van der Waals surface area contributed by atoms with Gasteiger partial charge in [-0.2, -0.15) is 0 Å². The van der Waals surface area contributed by atoms with Crippen LogP contribution in [0.3, 0.4) is 0 Å². The highest BCUT2D eigenvalue weighted by atomic mass is 19.1. The van der Waals surface area contributed by atoms with Crippen molar-refractivity contribution in [1.82, 2.24) is 9.80 Å². The van der Waals surface area contributed by atoms with Gasteiger partial charge in [0.1, 0.15) is 5.82 Å². The van der Waals surface area contributed by atoms with Crippen molar-refractivity contribution in [3.05, 3.63) is 71.0 Å². The first kappa shape index (κ1) is 23.5. The number of aryl methyl sites for hydroxylation is 1. The minimum atomic E-state index is -0.189. The Morgan fingerprint density at radius 2 is 1.81 bits per heavy atom. The lowest BCUT2D eigenvalue weighted by Gasteiger charge is -2.31. The molecule has 1 saturated heterocycles. The van der Waals surface area contributed by atoms with Gasteiger partial charge in [-0.25, -0.2) is 4.39 Å². The van der Waals surface area contributed by atoms with Crippen LogP contribution in [0.15, 0.2) is 48.5 Å². The van der Waals surface area contributed by atoms with Gasteiger partial charge >= 0.3 is 0 Å². The number of likely N-dealkylation sites (tertiary alicyclic amines) is 1. The summed E-state index contributed by atoms with van der Waals surface area (Å²) in [5, 5.41) is 0. The highest BCUT2D eigenvalue weighted by Crippen LogP contribution is 2.35. The molecule has 168 valence electrons. The van der Waals surface area contributed by atoms with E-state index in [0.717, 1.165) is 38.3 Å². The van der Waals surface area contributed by atoms with E-state index >= 15 is 0 Å². The first-order chi connectivity index (χ1) is 14.7. The third-order valence-corrected chi connectivity index (χ3v) is 6.17. The molecule has 1 aliphatic rings. The van der Waals surface area contributed by atoms with Gasteiger partial charge in [-0.15, -0.1) is 0 Å². The summed E-state index contributed by atoms with van der Waals surface area (Å²) in [6.45, 7) is 14.5. The zero-order valence-corrected chi connectivity index (χ0v) is 19.6. The van der Waals surface area contributed by atoms with Crippen LogP contribution in [0.25, 0.3) is 0 Å². The number of carbonyl (C=O) groups excluding carboxylic acids is 1. The summed E-state index contributed by atoms with van der Waals surface area (Å²) in [5.74, 6) is 0.926. The quantitative estimate of drug-likeness (QED) is 0.559. The van der Waals surface area contributed by atoms with Gasteiger partial charge in [0.2, 0.25) is 5.91 Å². The summed E-state index contributed by atoms with van der Waals surface area (Å²) >= 11 is 0. The first-order valence-electron chi connectivity index (χ1n) is 11.5. The van der Waals surface area contributed by atoms with Crippen LogP contribution in [0.2, 0.25) is 0 Å². The number of hydrogen-bond acceptors (Lipinski definition) is 2. The molecule has 0 aromatic heterocycles. The fraction of sp³-hybridized carbons (Fsp3) is 0.519. The molecule has 1 fully saturated rings. The number of amides is 1. The third kappa shape index (κ3) is 6.39. The molecule has 0 saturated carbocycles. The Hall–Kier alpha value is -2.20. The van der Waals surface area contributed by atoms with Crippen molar-refractivity contribution in [1.29, 1.82) is 0 Å². The molecule has 1 aliphatic heterocycles. The minimum absolute atomic E-state index is 0.0172. The molecule has 3 rings (SSSR count). The van der Waals surface area contributed by atoms with E-state index < -0.39 is 0 Å². The Kier molecular flexibility index (Phi) is 7.88. The highest BCUT2D eigenvalue weighted by molar-refractivity contribution is 5.78. The van der Waals surface area contributed by atoms with E-state index in [4.69, 9.17) is 0 Å². The number of rotatable bonds is 8. The lowest BCUT2D eigenvalue weighted by Crippen LogP contribution is -2.41. The van der Waals surface area contributed by atoms with Crippen LogP contribution in [0.5, 0.6) is 0 Å². The van der Waals surface area contributed by atoms with Gasteiger partial charge in [0, 0.05) is 44.6 Å². The summed E-state index contributed by atoms with van der Waals surface area (Å²) in [5.41, 5.74) is 3.59. The smallest absolute Gasteiger partial charge is 0.225 e. The first-order valence-corrected chi connectivity index (χ1v) is 11.5. The van der Waals surface area contributed by atoms with Gasteiger partial charge in [0.25, 0.3) is 0 Å². The molecule has 0 aliphatic carbocycles.